The average molecular weight is 322 g/mol. The van der Waals surface area contributed by atoms with Crippen molar-refractivity contribution in [1.29, 1.82) is 0 Å². The van der Waals surface area contributed by atoms with Gasteiger partial charge < -0.3 is 9.84 Å². The largest absolute Gasteiger partial charge is 0.481 e. The second-order valence-electron chi connectivity index (χ2n) is 5.92. The molecule has 0 bridgehead atoms. The molecule has 4 nitrogen and oxygen atoms in total. The predicted molar refractivity (Wildman–Crippen MR) is 93.4 cm³/mol. The number of carbonyl (C=O) groups is 2. The highest BCUT2D eigenvalue weighted by molar-refractivity contribution is 6.08. The number of benzene rings is 3. The number of carboxylic acid groups (broad SMARTS) is 1. The summed E-state index contributed by atoms with van der Waals surface area (Å²) in [6, 6.07) is 13.9. The van der Waals surface area contributed by atoms with Crippen LogP contribution in [-0.2, 0) is 9.59 Å². The number of carbonyl (C=O) groups excluding carboxylic acids is 1. The second-order valence-corrected chi connectivity index (χ2v) is 5.92. The lowest BCUT2D eigenvalue weighted by atomic mass is 9.96. The van der Waals surface area contributed by atoms with E-state index in [1.807, 2.05) is 50.2 Å². The van der Waals surface area contributed by atoms with Crippen molar-refractivity contribution < 1.29 is 19.4 Å². The van der Waals surface area contributed by atoms with Gasteiger partial charge in [-0.2, -0.15) is 0 Å². The van der Waals surface area contributed by atoms with E-state index in [9.17, 15) is 9.59 Å². The third-order valence-corrected chi connectivity index (χ3v) is 4.16. The van der Waals surface area contributed by atoms with Crippen molar-refractivity contribution in [2.45, 2.75) is 26.7 Å². The van der Waals surface area contributed by atoms with Crippen LogP contribution >= 0.6 is 0 Å². The molecule has 3 rings (SSSR count). The monoisotopic (exact) mass is 322 g/mol. The van der Waals surface area contributed by atoms with Crippen LogP contribution in [0.4, 0.5) is 0 Å². The van der Waals surface area contributed by atoms with Gasteiger partial charge in [-0.1, -0.05) is 36.4 Å². The van der Waals surface area contributed by atoms with Crippen LogP contribution in [0.2, 0.25) is 0 Å². The van der Waals surface area contributed by atoms with Gasteiger partial charge in [0.15, 0.2) is 0 Å². The molecule has 4 heteroatoms. The van der Waals surface area contributed by atoms with Crippen LogP contribution in [0.5, 0.6) is 5.75 Å². The van der Waals surface area contributed by atoms with E-state index in [1.165, 1.54) is 0 Å². The Kier molecular flexibility index (Phi) is 4.21. The fourth-order valence-corrected chi connectivity index (χ4v) is 2.96. The van der Waals surface area contributed by atoms with Gasteiger partial charge in [0.05, 0.1) is 12.8 Å². The second kappa shape index (κ2) is 6.32. The molecule has 0 aromatic heterocycles. The van der Waals surface area contributed by atoms with Crippen LogP contribution in [0.3, 0.4) is 0 Å². The Bertz CT molecular complexity index is 957. The lowest BCUT2D eigenvalue weighted by molar-refractivity contribution is -0.142. The number of carboxylic acids is 1. The Morgan fingerprint density at radius 1 is 0.958 bits per heavy atom. The van der Waals surface area contributed by atoms with Crippen molar-refractivity contribution in [3.05, 3.63) is 53.6 Å². The van der Waals surface area contributed by atoms with Gasteiger partial charge in [0.2, 0.25) is 0 Å². The normalized spacial score (nSPS) is 10.9. The van der Waals surface area contributed by atoms with Crippen molar-refractivity contribution >= 4 is 33.5 Å². The molecule has 0 aliphatic heterocycles. The molecule has 0 fully saturated rings. The lowest BCUT2D eigenvalue weighted by Crippen LogP contribution is -2.11. The van der Waals surface area contributed by atoms with Crippen molar-refractivity contribution in [3.8, 4) is 5.75 Å². The first-order valence-corrected chi connectivity index (χ1v) is 7.81. The van der Waals surface area contributed by atoms with E-state index in [2.05, 4.69) is 6.07 Å². The zero-order chi connectivity index (χ0) is 17.3. The SMILES string of the molecule is Cc1cccc2c(OC(=O)CCC(=O)O)c3c(C)cccc3cc12. The lowest BCUT2D eigenvalue weighted by Gasteiger charge is -2.14. The van der Waals surface area contributed by atoms with Gasteiger partial charge in [-0.15, -0.1) is 0 Å². The summed E-state index contributed by atoms with van der Waals surface area (Å²) in [4.78, 5) is 22.8. The van der Waals surface area contributed by atoms with Crippen LogP contribution in [0.15, 0.2) is 42.5 Å². The van der Waals surface area contributed by atoms with Crippen LogP contribution in [0, 0.1) is 13.8 Å². The molecule has 0 amide bonds. The van der Waals surface area contributed by atoms with Gasteiger partial charge in [-0.25, -0.2) is 0 Å². The molecule has 3 aromatic carbocycles. The number of aryl methyl sites for hydroxylation is 2. The highest BCUT2D eigenvalue weighted by atomic mass is 16.5. The van der Waals surface area contributed by atoms with Gasteiger partial charge in [0.25, 0.3) is 0 Å². The fourth-order valence-electron chi connectivity index (χ4n) is 2.96. The minimum atomic E-state index is -1.01. The van der Waals surface area contributed by atoms with Gasteiger partial charge >= 0.3 is 11.9 Å². The average Bonchev–Trinajstić information content (AvgIpc) is 2.54. The molecular weight excluding hydrogens is 304 g/mol. The molecule has 3 aromatic rings. The van der Waals surface area contributed by atoms with Gasteiger partial charge in [0.1, 0.15) is 5.75 Å². The molecule has 0 radical (unpaired) electrons. The molecule has 0 spiro atoms. The number of fused-ring (bicyclic) bond motifs is 2. The number of hydrogen-bond acceptors (Lipinski definition) is 3. The third kappa shape index (κ3) is 2.95. The van der Waals surface area contributed by atoms with E-state index in [0.29, 0.717) is 5.75 Å². The highest BCUT2D eigenvalue weighted by Crippen LogP contribution is 2.38. The number of esters is 1. The van der Waals surface area contributed by atoms with Gasteiger partial charge in [-0.05, 0) is 41.8 Å². The van der Waals surface area contributed by atoms with Gasteiger partial charge in [-0.3, -0.25) is 9.59 Å². The molecule has 0 aliphatic rings. The number of ether oxygens (including phenoxy) is 1. The van der Waals surface area contributed by atoms with Crippen molar-refractivity contribution in [1.82, 2.24) is 0 Å². The molecule has 122 valence electrons. The summed E-state index contributed by atoms with van der Waals surface area (Å²) in [6.07, 6.45) is -0.384. The van der Waals surface area contributed by atoms with Crippen molar-refractivity contribution in [2.75, 3.05) is 0 Å². The Morgan fingerprint density at radius 3 is 2.42 bits per heavy atom. The molecule has 0 atom stereocenters. The summed E-state index contributed by atoms with van der Waals surface area (Å²) in [5, 5.41) is 12.5. The Morgan fingerprint density at radius 2 is 1.67 bits per heavy atom. The number of rotatable bonds is 4. The van der Waals surface area contributed by atoms with E-state index in [4.69, 9.17) is 9.84 Å². The predicted octanol–water partition coefficient (Wildman–Crippen LogP) is 4.38. The summed E-state index contributed by atoms with van der Waals surface area (Å²) in [5.74, 6) is -1.03. The van der Waals surface area contributed by atoms with Crippen LogP contribution < -0.4 is 4.74 Å². The molecule has 0 aliphatic carbocycles. The first-order chi connectivity index (χ1) is 11.5. The van der Waals surface area contributed by atoms with Crippen LogP contribution in [0.1, 0.15) is 24.0 Å². The van der Waals surface area contributed by atoms with Crippen LogP contribution in [-0.4, -0.2) is 17.0 Å². The minimum absolute atomic E-state index is 0.148. The molecule has 1 N–H and O–H groups in total. The zero-order valence-corrected chi connectivity index (χ0v) is 13.6. The Labute approximate surface area is 139 Å². The van der Waals surface area contributed by atoms with Crippen molar-refractivity contribution in [2.24, 2.45) is 0 Å². The summed E-state index contributed by atoms with van der Waals surface area (Å²) in [5.41, 5.74) is 2.11. The number of aliphatic carboxylic acids is 1. The highest BCUT2D eigenvalue weighted by Gasteiger charge is 2.16. The first-order valence-electron chi connectivity index (χ1n) is 7.81. The molecular formula is C20H18O4. The quantitative estimate of drug-likeness (QED) is 0.440. The number of hydrogen-bond donors (Lipinski definition) is 1. The maximum atomic E-state index is 12.1. The Balaban J connectivity index is 2.19. The van der Waals surface area contributed by atoms with Gasteiger partial charge in [0, 0.05) is 10.8 Å². The van der Waals surface area contributed by atoms with Crippen molar-refractivity contribution in [3.63, 3.8) is 0 Å². The molecule has 0 heterocycles. The maximum Gasteiger partial charge on any atom is 0.311 e. The van der Waals surface area contributed by atoms with E-state index in [-0.39, 0.29) is 12.8 Å². The summed E-state index contributed by atoms with van der Waals surface area (Å²) in [7, 11) is 0. The molecule has 0 saturated heterocycles. The third-order valence-electron chi connectivity index (χ3n) is 4.16. The van der Waals surface area contributed by atoms with E-state index >= 15 is 0 Å². The molecule has 0 saturated carbocycles. The minimum Gasteiger partial charge on any atom is -0.481 e. The summed E-state index contributed by atoms with van der Waals surface area (Å²) in [6.45, 7) is 3.98. The van der Waals surface area contributed by atoms with E-state index in [1.54, 1.807) is 0 Å². The topological polar surface area (TPSA) is 63.6 Å². The maximum absolute atomic E-state index is 12.1. The fraction of sp³-hybridized carbons (Fsp3) is 0.200. The van der Waals surface area contributed by atoms with Crippen LogP contribution in [0.25, 0.3) is 21.5 Å². The smallest absolute Gasteiger partial charge is 0.311 e. The standard InChI is InChI=1S/C20H18O4/c1-12-5-4-8-15-16(12)11-14-7-3-6-13(2)19(14)20(15)24-18(23)10-9-17(21)22/h3-8,11H,9-10H2,1-2H3,(H,21,22). The zero-order valence-electron chi connectivity index (χ0n) is 13.6. The van der Waals surface area contributed by atoms with E-state index < -0.39 is 11.9 Å². The van der Waals surface area contributed by atoms with E-state index in [0.717, 1.165) is 32.7 Å². The first kappa shape index (κ1) is 16.0. The Hall–Kier alpha value is -2.88. The summed E-state index contributed by atoms with van der Waals surface area (Å²) >= 11 is 0. The molecule has 24 heavy (non-hydrogen) atoms. The molecule has 0 unspecified atom stereocenters. The summed E-state index contributed by atoms with van der Waals surface area (Å²) < 4.78 is 5.62.